The molecule has 1 fully saturated rings. The molecule has 0 bridgehead atoms. The van der Waals surface area contributed by atoms with Crippen LogP contribution in [-0.4, -0.2) is 45.0 Å². The number of aromatic nitrogens is 4. The van der Waals surface area contributed by atoms with Crippen molar-refractivity contribution in [3.63, 3.8) is 0 Å². The van der Waals surface area contributed by atoms with Gasteiger partial charge in [0.05, 0.1) is 18.2 Å². The van der Waals surface area contributed by atoms with E-state index < -0.39 is 11.7 Å². The van der Waals surface area contributed by atoms with Crippen LogP contribution in [0.15, 0.2) is 72.5 Å². The van der Waals surface area contributed by atoms with Crippen molar-refractivity contribution in [2.75, 3.05) is 28.6 Å². The van der Waals surface area contributed by atoms with E-state index in [1.165, 1.54) is 12.1 Å². The molecule has 0 unspecified atom stereocenters. The zero-order chi connectivity index (χ0) is 28.2. The number of hydrogen-bond acceptors (Lipinski definition) is 9. The number of pyridine rings is 1. The average Bonchev–Trinajstić information content (AvgIpc) is 3.51. The van der Waals surface area contributed by atoms with Gasteiger partial charge < -0.3 is 16.0 Å². The molecule has 1 saturated heterocycles. The van der Waals surface area contributed by atoms with Gasteiger partial charge in [-0.15, -0.1) is 11.3 Å². The molecule has 0 saturated carbocycles. The maximum atomic E-state index is 15.6. The van der Waals surface area contributed by atoms with Gasteiger partial charge in [0.2, 0.25) is 5.95 Å². The van der Waals surface area contributed by atoms with Gasteiger partial charge in [-0.05, 0) is 67.6 Å². The van der Waals surface area contributed by atoms with Crippen molar-refractivity contribution in [3.8, 4) is 0 Å². The number of piperidine rings is 1. The lowest BCUT2D eigenvalue weighted by Gasteiger charge is -2.35. The fourth-order valence-corrected chi connectivity index (χ4v) is 5.66. The number of aryl methyl sites for hydroxylation is 1. The Bertz CT molecular complexity index is 1670. The van der Waals surface area contributed by atoms with E-state index in [0.717, 1.165) is 40.7 Å². The Morgan fingerprint density at radius 1 is 1.12 bits per heavy atom. The minimum Gasteiger partial charge on any atom is -0.363 e. The molecule has 6 rings (SSSR count). The number of nitrogens with zero attached hydrogens (tertiary/aromatic N) is 5. The van der Waals surface area contributed by atoms with Crippen LogP contribution in [0.2, 0.25) is 0 Å². The third kappa shape index (κ3) is 5.86. The first-order chi connectivity index (χ1) is 20.1. The Hall–Kier alpha value is -4.48. The second-order valence-corrected chi connectivity index (χ2v) is 10.8. The number of hydrogen-bond donors (Lipinski definition) is 3. The topological polar surface area (TPSA) is 108 Å². The lowest BCUT2D eigenvalue weighted by molar-refractivity contribution is 0.0968. The van der Waals surface area contributed by atoms with E-state index in [0.29, 0.717) is 36.4 Å². The van der Waals surface area contributed by atoms with Crippen LogP contribution < -0.4 is 20.9 Å². The number of anilines is 4. The van der Waals surface area contributed by atoms with Crippen molar-refractivity contribution in [2.24, 2.45) is 0 Å². The maximum absolute atomic E-state index is 15.6. The monoisotopic (exact) mass is 568 g/mol. The van der Waals surface area contributed by atoms with Crippen molar-refractivity contribution in [1.29, 1.82) is 0 Å². The number of carbonyl (C=O) groups excluding carboxylic acids is 1. The number of nitrogens with one attached hydrogen (secondary N) is 3. The first kappa shape index (κ1) is 26.7. The average molecular weight is 569 g/mol. The van der Waals surface area contributed by atoms with E-state index in [-0.39, 0.29) is 11.6 Å². The van der Waals surface area contributed by atoms with E-state index in [2.05, 4.69) is 35.9 Å². The van der Waals surface area contributed by atoms with Gasteiger partial charge in [0, 0.05) is 41.6 Å². The summed E-state index contributed by atoms with van der Waals surface area (Å²) in [5, 5.41) is 14.4. The molecule has 0 radical (unpaired) electrons. The van der Waals surface area contributed by atoms with Crippen LogP contribution in [0.1, 0.15) is 33.8 Å². The smallest absolute Gasteiger partial charge is 0.262 e. The first-order valence-electron chi connectivity index (χ1n) is 13.5. The molecule has 41 heavy (non-hydrogen) atoms. The standard InChI is InChI=1S/C30H29FN8OS/c1-19-4-2-5-20-9-12-34-28(27(19)20)39(22-6-3-11-32-17-22)29(40)23-8-7-21(16-24(23)31)37-30-35-13-10-25(38-30)36-18-26-33-14-15-41-26/h2,4-5,7-10,12-16,22,32H,3,6,11,17-18H2,1H3,(H2,35,36,37,38)/t22-/m1/s1. The number of halogens is 1. The van der Waals surface area contributed by atoms with Crippen molar-refractivity contribution in [3.05, 3.63) is 94.5 Å². The molecule has 1 atom stereocenters. The van der Waals surface area contributed by atoms with Gasteiger partial charge in [0.15, 0.2) is 0 Å². The van der Waals surface area contributed by atoms with Gasteiger partial charge >= 0.3 is 0 Å². The van der Waals surface area contributed by atoms with Crippen molar-refractivity contribution < 1.29 is 9.18 Å². The second-order valence-electron chi connectivity index (χ2n) is 9.85. The summed E-state index contributed by atoms with van der Waals surface area (Å²) >= 11 is 1.55. The lowest BCUT2D eigenvalue weighted by atomic mass is 10.0. The van der Waals surface area contributed by atoms with E-state index in [9.17, 15) is 4.79 Å². The summed E-state index contributed by atoms with van der Waals surface area (Å²) in [6, 6.07) is 14.0. The SMILES string of the molecule is Cc1cccc2ccnc(N(C(=O)c3ccc(Nc4nccc(NCc5nccs5)n4)cc3F)[C@@H]3CCCNC3)c12. The Kier molecular flexibility index (Phi) is 7.79. The molecule has 5 aromatic rings. The van der Waals surface area contributed by atoms with Gasteiger partial charge in [-0.1, -0.05) is 18.2 Å². The van der Waals surface area contributed by atoms with E-state index in [1.807, 2.05) is 36.6 Å². The Morgan fingerprint density at radius 3 is 2.83 bits per heavy atom. The molecule has 0 spiro atoms. The molecule has 1 aliphatic rings. The van der Waals surface area contributed by atoms with Crippen LogP contribution in [0.25, 0.3) is 10.8 Å². The molecule has 2 aromatic carbocycles. The predicted molar refractivity (Wildman–Crippen MR) is 160 cm³/mol. The van der Waals surface area contributed by atoms with Crippen molar-refractivity contribution in [2.45, 2.75) is 32.4 Å². The highest BCUT2D eigenvalue weighted by atomic mass is 32.1. The maximum Gasteiger partial charge on any atom is 0.262 e. The molecule has 1 amide bonds. The normalized spacial score (nSPS) is 15.0. The van der Waals surface area contributed by atoms with Gasteiger partial charge in [-0.3, -0.25) is 9.69 Å². The van der Waals surface area contributed by atoms with Crippen molar-refractivity contribution in [1.82, 2.24) is 25.3 Å². The van der Waals surface area contributed by atoms with Crippen LogP contribution in [0.5, 0.6) is 0 Å². The summed E-state index contributed by atoms with van der Waals surface area (Å²) in [6.07, 6.45) is 6.79. The summed E-state index contributed by atoms with van der Waals surface area (Å²) in [5.41, 5.74) is 1.42. The highest BCUT2D eigenvalue weighted by Crippen LogP contribution is 2.32. The molecule has 0 aliphatic carbocycles. The van der Waals surface area contributed by atoms with E-state index >= 15 is 4.39 Å². The minimum atomic E-state index is -0.635. The quantitative estimate of drug-likeness (QED) is 0.219. The highest BCUT2D eigenvalue weighted by Gasteiger charge is 2.31. The third-order valence-corrected chi connectivity index (χ3v) is 7.86. The van der Waals surface area contributed by atoms with Gasteiger partial charge in [0.25, 0.3) is 5.91 Å². The fraction of sp³-hybridized carbons (Fsp3) is 0.233. The zero-order valence-electron chi connectivity index (χ0n) is 22.5. The van der Waals surface area contributed by atoms with Gasteiger partial charge in [-0.25, -0.2) is 19.3 Å². The van der Waals surface area contributed by atoms with Crippen LogP contribution in [0, 0.1) is 12.7 Å². The molecule has 9 nitrogen and oxygen atoms in total. The predicted octanol–water partition coefficient (Wildman–Crippen LogP) is 5.68. The largest absolute Gasteiger partial charge is 0.363 e. The number of rotatable bonds is 8. The Balaban J connectivity index is 1.27. The molecule has 208 valence electrons. The van der Waals surface area contributed by atoms with E-state index in [1.54, 1.807) is 47.0 Å². The summed E-state index contributed by atoms with van der Waals surface area (Å²) in [5.74, 6) is 0.410. The Labute approximate surface area is 240 Å². The first-order valence-corrected chi connectivity index (χ1v) is 14.4. The molecule has 3 N–H and O–H groups in total. The lowest BCUT2D eigenvalue weighted by Crippen LogP contribution is -2.49. The molecule has 1 aliphatic heterocycles. The van der Waals surface area contributed by atoms with Crippen LogP contribution >= 0.6 is 11.3 Å². The molecular formula is C30H29FN8OS. The number of benzene rings is 2. The minimum absolute atomic E-state index is 0.0201. The summed E-state index contributed by atoms with van der Waals surface area (Å²) in [4.78, 5) is 33.3. The second kappa shape index (κ2) is 11.9. The van der Waals surface area contributed by atoms with E-state index in [4.69, 9.17) is 0 Å². The summed E-state index contributed by atoms with van der Waals surface area (Å²) < 4.78 is 15.6. The zero-order valence-corrected chi connectivity index (χ0v) is 23.3. The number of amides is 1. The molecule has 11 heteroatoms. The van der Waals surface area contributed by atoms with Crippen LogP contribution in [0.4, 0.5) is 27.7 Å². The molecule has 3 aromatic heterocycles. The number of fused-ring (bicyclic) bond motifs is 1. The van der Waals surface area contributed by atoms with Gasteiger partial charge in [0.1, 0.15) is 22.5 Å². The van der Waals surface area contributed by atoms with Crippen LogP contribution in [0.3, 0.4) is 0 Å². The Morgan fingerprint density at radius 2 is 2.02 bits per heavy atom. The number of thiazole rings is 1. The summed E-state index contributed by atoms with van der Waals surface area (Å²) in [7, 11) is 0. The van der Waals surface area contributed by atoms with Crippen LogP contribution in [-0.2, 0) is 6.54 Å². The molecule has 4 heterocycles. The van der Waals surface area contributed by atoms with Crippen molar-refractivity contribution >= 4 is 51.3 Å². The van der Waals surface area contributed by atoms with Gasteiger partial charge in [-0.2, -0.15) is 4.98 Å². The highest BCUT2D eigenvalue weighted by molar-refractivity contribution is 7.09. The number of carbonyl (C=O) groups is 1. The fourth-order valence-electron chi connectivity index (χ4n) is 5.11. The summed E-state index contributed by atoms with van der Waals surface area (Å²) in [6.45, 7) is 4.04. The molecular weight excluding hydrogens is 539 g/mol. The third-order valence-electron chi connectivity index (χ3n) is 7.08.